The summed E-state index contributed by atoms with van der Waals surface area (Å²) in [5, 5.41) is 6.89. The number of carbonyl (C=O) groups excluding carboxylic acids is 2. The number of primary amides is 1. The second-order valence-electron chi connectivity index (χ2n) is 13.1. The number of hydrogen-bond acceptors (Lipinski definition) is 5. The summed E-state index contributed by atoms with van der Waals surface area (Å²) in [4.78, 5) is 30.2. The summed E-state index contributed by atoms with van der Waals surface area (Å²) in [6, 6.07) is 12.7. The van der Waals surface area contributed by atoms with Gasteiger partial charge in [0.1, 0.15) is 0 Å². The molecule has 3 fully saturated rings. The molecule has 0 aromatic heterocycles. The molecule has 0 bridgehead atoms. The molecule has 3 amide bonds. The van der Waals surface area contributed by atoms with Crippen LogP contribution in [0.4, 0.5) is 4.79 Å². The van der Waals surface area contributed by atoms with E-state index in [0.717, 1.165) is 94.7 Å². The van der Waals surface area contributed by atoms with Gasteiger partial charge in [-0.25, -0.2) is 4.79 Å². The molecule has 2 aromatic rings. The summed E-state index contributed by atoms with van der Waals surface area (Å²) < 4.78 is 0. The molecular formula is C34H48Cl2N6O2. The Morgan fingerprint density at radius 2 is 1.20 bits per heavy atom. The van der Waals surface area contributed by atoms with E-state index in [0.29, 0.717) is 22.5 Å². The third kappa shape index (κ3) is 9.57. The predicted octanol–water partition coefficient (Wildman–Crippen LogP) is 5.21. The number of nitrogens with zero attached hydrogens (tertiary/aromatic N) is 3. The second-order valence-corrected chi connectivity index (χ2v) is 13.9. The first-order valence-electron chi connectivity index (χ1n) is 16.2. The van der Waals surface area contributed by atoms with Crippen molar-refractivity contribution in [3.63, 3.8) is 0 Å². The highest BCUT2D eigenvalue weighted by molar-refractivity contribution is 6.35. The molecule has 3 heterocycles. The van der Waals surface area contributed by atoms with E-state index in [1.54, 1.807) is 13.1 Å². The summed E-state index contributed by atoms with van der Waals surface area (Å²) in [7, 11) is 1.65. The van der Waals surface area contributed by atoms with Crippen molar-refractivity contribution in [3.05, 3.63) is 57.6 Å². The van der Waals surface area contributed by atoms with Crippen LogP contribution in [0.1, 0.15) is 49.7 Å². The van der Waals surface area contributed by atoms with E-state index in [9.17, 15) is 9.59 Å². The SMILES string of the molecule is CNC(=O)NCC1CCN(Cc2cc(CN3CCC(C4CCN(CC(N)=O)CC4)CC3)cc(-c3cc(Cl)cc(Cl)c3)c2)CC1. The number of nitrogens with two attached hydrogens (primary N) is 1. The smallest absolute Gasteiger partial charge is 0.314 e. The van der Waals surface area contributed by atoms with Gasteiger partial charge in [-0.2, -0.15) is 0 Å². The standard InChI is InChI=1S/C34H48Cl2N6O2/c1-38-34(44)39-20-24-2-8-40(9-3-24)21-25-14-26(16-29(15-25)30-17-31(35)19-32(36)18-30)22-41-10-4-27(5-11-41)28-6-12-42(13-7-28)23-33(37)43/h14-19,24,27-28H,2-13,20-23H2,1H3,(H2,37,43)(H2,38,39,44). The Morgan fingerprint density at radius 1 is 0.727 bits per heavy atom. The normalized spacial score (nSPS) is 20.1. The number of halogens is 2. The minimum atomic E-state index is -0.223. The Morgan fingerprint density at radius 3 is 1.70 bits per heavy atom. The van der Waals surface area contributed by atoms with E-state index in [-0.39, 0.29) is 11.9 Å². The van der Waals surface area contributed by atoms with Crippen molar-refractivity contribution in [2.75, 3.05) is 59.4 Å². The molecule has 10 heteroatoms. The summed E-state index contributed by atoms with van der Waals surface area (Å²) in [6.07, 6.45) is 6.99. The molecule has 0 unspecified atom stereocenters. The van der Waals surface area contributed by atoms with Crippen LogP contribution in [0.3, 0.4) is 0 Å². The van der Waals surface area contributed by atoms with E-state index in [1.807, 2.05) is 12.1 Å². The van der Waals surface area contributed by atoms with Crippen molar-refractivity contribution in [1.82, 2.24) is 25.3 Å². The topological polar surface area (TPSA) is 93.9 Å². The van der Waals surface area contributed by atoms with E-state index < -0.39 is 0 Å². The number of amides is 3. The van der Waals surface area contributed by atoms with Gasteiger partial charge in [0, 0.05) is 36.7 Å². The zero-order chi connectivity index (χ0) is 31.1. The zero-order valence-electron chi connectivity index (χ0n) is 26.0. The van der Waals surface area contributed by atoms with Crippen LogP contribution in [0.5, 0.6) is 0 Å². The predicted molar refractivity (Wildman–Crippen MR) is 179 cm³/mol. The fourth-order valence-electron chi connectivity index (χ4n) is 7.41. The highest BCUT2D eigenvalue weighted by Crippen LogP contribution is 2.34. The molecule has 0 saturated carbocycles. The summed E-state index contributed by atoms with van der Waals surface area (Å²) >= 11 is 12.8. The van der Waals surface area contributed by atoms with E-state index in [4.69, 9.17) is 28.9 Å². The van der Waals surface area contributed by atoms with Crippen molar-refractivity contribution >= 4 is 35.1 Å². The Kier molecular flexibility index (Phi) is 11.8. The van der Waals surface area contributed by atoms with Gasteiger partial charge in [-0.05, 0) is 148 Å². The van der Waals surface area contributed by atoms with E-state index in [2.05, 4.69) is 43.5 Å². The Bertz CT molecular complexity index is 1250. The lowest BCUT2D eigenvalue weighted by Gasteiger charge is -2.40. The number of hydrogen-bond donors (Lipinski definition) is 3. The van der Waals surface area contributed by atoms with Gasteiger partial charge in [0.15, 0.2) is 0 Å². The van der Waals surface area contributed by atoms with Crippen LogP contribution < -0.4 is 16.4 Å². The molecule has 3 saturated heterocycles. The van der Waals surface area contributed by atoms with Crippen molar-refractivity contribution < 1.29 is 9.59 Å². The molecule has 3 aliphatic rings. The number of rotatable bonds is 10. The largest absolute Gasteiger partial charge is 0.369 e. The van der Waals surface area contributed by atoms with Crippen LogP contribution in [0, 0.1) is 17.8 Å². The van der Waals surface area contributed by atoms with Crippen molar-refractivity contribution in [1.29, 1.82) is 0 Å². The number of urea groups is 1. The van der Waals surface area contributed by atoms with Gasteiger partial charge in [0.2, 0.25) is 5.91 Å². The third-order valence-electron chi connectivity index (χ3n) is 9.86. The summed E-state index contributed by atoms with van der Waals surface area (Å²) in [5.41, 5.74) is 10.3. The van der Waals surface area contributed by atoms with Crippen LogP contribution in [0.2, 0.25) is 10.0 Å². The lowest BCUT2D eigenvalue weighted by atomic mass is 9.78. The first kappa shape index (κ1) is 33.0. The van der Waals surface area contributed by atoms with Gasteiger partial charge in [-0.1, -0.05) is 29.3 Å². The van der Waals surface area contributed by atoms with Gasteiger partial charge < -0.3 is 16.4 Å². The fourth-order valence-corrected chi connectivity index (χ4v) is 7.93. The highest BCUT2D eigenvalue weighted by Gasteiger charge is 2.30. The average Bonchev–Trinajstić information content (AvgIpc) is 3.00. The Balaban J connectivity index is 1.21. The first-order chi connectivity index (χ1) is 21.2. The third-order valence-corrected chi connectivity index (χ3v) is 10.3. The lowest BCUT2D eigenvalue weighted by Crippen LogP contribution is -2.43. The summed E-state index contributed by atoms with van der Waals surface area (Å²) in [6.45, 7) is 9.22. The van der Waals surface area contributed by atoms with Crippen molar-refractivity contribution in [3.8, 4) is 11.1 Å². The molecule has 0 spiro atoms. The Hall–Kier alpha value is -2.36. The lowest BCUT2D eigenvalue weighted by molar-refractivity contribution is -0.119. The van der Waals surface area contributed by atoms with Crippen LogP contribution in [0.15, 0.2) is 36.4 Å². The van der Waals surface area contributed by atoms with Gasteiger partial charge in [0.25, 0.3) is 0 Å². The number of nitrogens with one attached hydrogen (secondary N) is 2. The number of carbonyl (C=O) groups is 2. The average molecular weight is 644 g/mol. The molecule has 240 valence electrons. The maximum atomic E-state index is 11.6. The van der Waals surface area contributed by atoms with Crippen molar-refractivity contribution in [2.24, 2.45) is 23.5 Å². The monoisotopic (exact) mass is 642 g/mol. The molecule has 4 N–H and O–H groups in total. The number of likely N-dealkylation sites (tertiary alicyclic amines) is 3. The first-order valence-corrected chi connectivity index (χ1v) is 17.0. The molecule has 8 nitrogen and oxygen atoms in total. The van der Waals surface area contributed by atoms with Crippen LogP contribution in [-0.4, -0.2) is 86.0 Å². The van der Waals surface area contributed by atoms with E-state index >= 15 is 0 Å². The minimum Gasteiger partial charge on any atom is -0.369 e. The van der Waals surface area contributed by atoms with Gasteiger partial charge >= 0.3 is 6.03 Å². The molecule has 2 aromatic carbocycles. The minimum absolute atomic E-state index is 0.107. The van der Waals surface area contributed by atoms with Crippen molar-refractivity contribution in [2.45, 2.75) is 51.6 Å². The van der Waals surface area contributed by atoms with Gasteiger partial charge in [-0.15, -0.1) is 0 Å². The van der Waals surface area contributed by atoms with Crippen LogP contribution in [-0.2, 0) is 17.9 Å². The van der Waals surface area contributed by atoms with Gasteiger partial charge in [-0.3, -0.25) is 19.5 Å². The molecule has 0 aliphatic carbocycles. The second kappa shape index (κ2) is 15.8. The fraction of sp³-hybridized carbons (Fsp3) is 0.588. The van der Waals surface area contributed by atoms with Gasteiger partial charge in [0.05, 0.1) is 6.54 Å². The maximum Gasteiger partial charge on any atom is 0.314 e. The highest BCUT2D eigenvalue weighted by atomic mass is 35.5. The zero-order valence-corrected chi connectivity index (χ0v) is 27.5. The molecular weight excluding hydrogens is 595 g/mol. The number of benzene rings is 2. The van der Waals surface area contributed by atoms with Crippen LogP contribution >= 0.6 is 23.2 Å². The number of piperidine rings is 3. The molecule has 3 aliphatic heterocycles. The molecule has 0 radical (unpaired) electrons. The summed E-state index contributed by atoms with van der Waals surface area (Å²) in [5.74, 6) is 1.82. The molecule has 5 rings (SSSR count). The molecule has 0 atom stereocenters. The quantitative estimate of drug-likeness (QED) is 0.331. The van der Waals surface area contributed by atoms with E-state index in [1.165, 1.54) is 36.8 Å². The molecule has 44 heavy (non-hydrogen) atoms. The Labute approximate surface area is 272 Å². The maximum absolute atomic E-state index is 11.6. The van der Waals surface area contributed by atoms with Crippen LogP contribution in [0.25, 0.3) is 11.1 Å².